The molecule has 0 N–H and O–H groups in total. The smallest absolute Gasteiger partial charge is 0.0562 e. The summed E-state index contributed by atoms with van der Waals surface area (Å²) in [4.78, 5) is 2.43. The van der Waals surface area contributed by atoms with Gasteiger partial charge in [0.25, 0.3) is 0 Å². The molecule has 258 valence electrons. The molecule has 0 bridgehead atoms. The van der Waals surface area contributed by atoms with E-state index in [2.05, 4.69) is 216 Å². The van der Waals surface area contributed by atoms with E-state index in [9.17, 15) is 0 Å². The third kappa shape index (κ3) is 5.16. The highest BCUT2D eigenvalue weighted by Gasteiger charge is 2.22. The summed E-state index contributed by atoms with van der Waals surface area (Å²) in [5.74, 6) is 0. The van der Waals surface area contributed by atoms with Crippen LogP contribution in [0.4, 0.5) is 17.1 Å². The summed E-state index contributed by atoms with van der Waals surface area (Å²) in [6, 6.07) is 75.0. The van der Waals surface area contributed by atoms with Gasteiger partial charge in [0.1, 0.15) is 0 Å². The average Bonchev–Trinajstić information content (AvgIpc) is 3.82. The van der Waals surface area contributed by atoms with Gasteiger partial charge in [0.05, 0.1) is 16.7 Å². The molecule has 0 saturated carbocycles. The van der Waals surface area contributed by atoms with Crippen LogP contribution in [-0.4, -0.2) is 4.57 Å². The van der Waals surface area contributed by atoms with Crippen molar-refractivity contribution >= 4 is 81.1 Å². The molecule has 2 heterocycles. The fourth-order valence-corrected chi connectivity index (χ4v) is 9.74. The molecule has 0 amide bonds. The van der Waals surface area contributed by atoms with Gasteiger partial charge in [0.15, 0.2) is 0 Å². The van der Waals surface area contributed by atoms with E-state index in [0.29, 0.717) is 0 Å². The van der Waals surface area contributed by atoms with Gasteiger partial charge in [-0.1, -0.05) is 140 Å². The predicted octanol–water partition coefficient (Wildman–Crippen LogP) is 15.1. The van der Waals surface area contributed by atoms with E-state index >= 15 is 0 Å². The second-order valence-electron chi connectivity index (χ2n) is 14.1. The molecular weight excluding hydrogens is 685 g/mol. The lowest BCUT2D eigenvalue weighted by molar-refractivity contribution is 1.18. The molecule has 0 atom stereocenters. The minimum absolute atomic E-state index is 1.10. The van der Waals surface area contributed by atoms with Crippen molar-refractivity contribution in [1.82, 2.24) is 4.57 Å². The Labute approximate surface area is 323 Å². The van der Waals surface area contributed by atoms with Gasteiger partial charge in [-0.15, -0.1) is 11.3 Å². The Morgan fingerprint density at radius 2 is 0.982 bits per heavy atom. The number of nitrogens with zero attached hydrogens (tertiary/aromatic N) is 2. The lowest BCUT2D eigenvalue weighted by Crippen LogP contribution is -2.10. The first-order valence-corrected chi connectivity index (χ1v) is 19.6. The summed E-state index contributed by atoms with van der Waals surface area (Å²) >= 11 is 1.89. The van der Waals surface area contributed by atoms with Crippen LogP contribution < -0.4 is 4.90 Å². The molecule has 9 aromatic carbocycles. The van der Waals surface area contributed by atoms with Crippen LogP contribution in [0, 0.1) is 0 Å². The van der Waals surface area contributed by atoms with Crippen molar-refractivity contribution in [3.8, 4) is 27.9 Å². The van der Waals surface area contributed by atoms with Gasteiger partial charge in [0, 0.05) is 48.0 Å². The molecular formula is C52H34N2S. The molecule has 0 aliphatic heterocycles. The lowest BCUT2D eigenvalue weighted by atomic mass is 9.95. The molecule has 0 aliphatic rings. The molecule has 0 spiro atoms. The van der Waals surface area contributed by atoms with Gasteiger partial charge < -0.3 is 9.47 Å². The molecule has 11 aromatic rings. The zero-order valence-electron chi connectivity index (χ0n) is 29.9. The Morgan fingerprint density at radius 3 is 1.75 bits per heavy atom. The third-order valence-corrected chi connectivity index (χ3v) is 12.2. The summed E-state index contributed by atoms with van der Waals surface area (Å²) in [6.07, 6.45) is 0. The van der Waals surface area contributed by atoms with Gasteiger partial charge in [-0.3, -0.25) is 0 Å². The first-order valence-electron chi connectivity index (χ1n) is 18.8. The fraction of sp³-hybridized carbons (Fsp3) is 0. The van der Waals surface area contributed by atoms with Crippen molar-refractivity contribution in [3.63, 3.8) is 0 Å². The van der Waals surface area contributed by atoms with E-state index in [4.69, 9.17) is 0 Å². The molecule has 0 fully saturated rings. The van der Waals surface area contributed by atoms with Crippen LogP contribution in [0.25, 0.3) is 80.7 Å². The van der Waals surface area contributed by atoms with Crippen LogP contribution in [0.1, 0.15) is 0 Å². The summed E-state index contributed by atoms with van der Waals surface area (Å²) in [5.41, 5.74) is 11.7. The zero-order valence-corrected chi connectivity index (χ0v) is 30.7. The van der Waals surface area contributed by atoms with Crippen LogP contribution in [0.15, 0.2) is 206 Å². The van der Waals surface area contributed by atoms with Crippen molar-refractivity contribution in [1.29, 1.82) is 0 Å². The Kier molecular flexibility index (Phi) is 7.39. The highest BCUT2D eigenvalue weighted by atomic mass is 32.1. The minimum Gasteiger partial charge on any atom is -0.310 e. The maximum atomic E-state index is 2.43. The Balaban J connectivity index is 1.13. The molecule has 2 aromatic heterocycles. The molecule has 0 radical (unpaired) electrons. The number of hydrogen-bond acceptors (Lipinski definition) is 2. The number of rotatable bonds is 6. The molecule has 11 rings (SSSR count). The van der Waals surface area contributed by atoms with Crippen molar-refractivity contribution in [3.05, 3.63) is 206 Å². The van der Waals surface area contributed by atoms with Gasteiger partial charge in [-0.2, -0.15) is 0 Å². The van der Waals surface area contributed by atoms with Crippen LogP contribution in [-0.2, 0) is 0 Å². The largest absolute Gasteiger partial charge is 0.310 e. The predicted molar refractivity (Wildman–Crippen MR) is 237 cm³/mol. The highest BCUT2D eigenvalue weighted by Crippen LogP contribution is 2.47. The number of anilines is 3. The molecule has 0 aliphatic carbocycles. The number of para-hydroxylation sites is 2. The van der Waals surface area contributed by atoms with Crippen molar-refractivity contribution in [2.24, 2.45) is 0 Å². The minimum atomic E-state index is 1.10. The first kappa shape index (κ1) is 31.6. The van der Waals surface area contributed by atoms with E-state index < -0.39 is 0 Å². The van der Waals surface area contributed by atoms with Gasteiger partial charge in [-0.25, -0.2) is 0 Å². The molecule has 0 saturated heterocycles. The maximum Gasteiger partial charge on any atom is 0.0562 e. The first-order chi connectivity index (χ1) is 27.3. The SMILES string of the molecule is c1ccc(-c2ccc(N(c3ccc(-c4cc5ccccc5c5sc6ccccc6c45)cc3)c3cccc4c3c3ccccc3n4-c3ccccc3)cc2)cc1. The molecule has 2 nitrogen and oxygen atoms in total. The van der Waals surface area contributed by atoms with Crippen LogP contribution in [0.3, 0.4) is 0 Å². The van der Waals surface area contributed by atoms with Crippen LogP contribution in [0.5, 0.6) is 0 Å². The number of aromatic nitrogens is 1. The number of benzene rings is 9. The van der Waals surface area contributed by atoms with Crippen molar-refractivity contribution in [2.75, 3.05) is 4.90 Å². The van der Waals surface area contributed by atoms with Gasteiger partial charge in [0.2, 0.25) is 0 Å². The second-order valence-corrected chi connectivity index (χ2v) is 15.2. The summed E-state index contributed by atoms with van der Waals surface area (Å²) < 4.78 is 5.06. The average molecular weight is 719 g/mol. The Morgan fingerprint density at radius 1 is 0.400 bits per heavy atom. The standard InChI is InChI=1S/C52H34N2S/c1-3-14-35(15-4-1)36-26-30-40(31-27-36)53(47-23-13-24-48-51(47)43-20-9-11-22-46(43)54(48)39-17-5-2-6-18-39)41-32-28-37(29-33-41)45-34-38-16-7-8-19-42(38)52-50(45)44-21-10-12-25-49(44)55-52/h1-34H. The van der Waals surface area contributed by atoms with E-state index in [-0.39, 0.29) is 0 Å². The highest BCUT2D eigenvalue weighted by molar-refractivity contribution is 7.26. The van der Waals surface area contributed by atoms with E-state index in [1.807, 2.05) is 11.3 Å². The van der Waals surface area contributed by atoms with Crippen LogP contribution in [0.2, 0.25) is 0 Å². The molecule has 55 heavy (non-hydrogen) atoms. The molecule has 3 heteroatoms. The molecule has 0 unspecified atom stereocenters. The normalized spacial score (nSPS) is 11.6. The van der Waals surface area contributed by atoms with Crippen molar-refractivity contribution in [2.45, 2.75) is 0 Å². The maximum absolute atomic E-state index is 2.43. The van der Waals surface area contributed by atoms with Gasteiger partial charge in [-0.05, 0) is 99.8 Å². The topological polar surface area (TPSA) is 8.17 Å². The van der Waals surface area contributed by atoms with Crippen molar-refractivity contribution < 1.29 is 0 Å². The van der Waals surface area contributed by atoms with Crippen LogP contribution >= 0.6 is 11.3 Å². The van der Waals surface area contributed by atoms with E-state index in [1.54, 1.807) is 0 Å². The number of hydrogen-bond donors (Lipinski definition) is 0. The Hall–Kier alpha value is -6.94. The summed E-state index contributed by atoms with van der Waals surface area (Å²) in [5, 5.41) is 7.67. The summed E-state index contributed by atoms with van der Waals surface area (Å²) in [7, 11) is 0. The van der Waals surface area contributed by atoms with Gasteiger partial charge >= 0.3 is 0 Å². The quantitative estimate of drug-likeness (QED) is 0.166. The number of fused-ring (bicyclic) bond motifs is 8. The number of thiophene rings is 1. The van der Waals surface area contributed by atoms with E-state index in [1.165, 1.54) is 75.0 Å². The summed E-state index contributed by atoms with van der Waals surface area (Å²) in [6.45, 7) is 0. The lowest BCUT2D eigenvalue weighted by Gasteiger charge is -2.27. The second kappa shape index (κ2) is 12.9. The third-order valence-electron chi connectivity index (χ3n) is 11.0. The monoisotopic (exact) mass is 718 g/mol. The zero-order chi connectivity index (χ0) is 36.3. The fourth-order valence-electron chi connectivity index (χ4n) is 8.48. The van der Waals surface area contributed by atoms with E-state index in [0.717, 1.165) is 22.7 Å². The Bertz CT molecular complexity index is 3180.